The lowest BCUT2D eigenvalue weighted by molar-refractivity contribution is -0.140. The van der Waals surface area contributed by atoms with E-state index in [0.717, 1.165) is 31.4 Å². The van der Waals surface area contributed by atoms with E-state index >= 15 is 0 Å². The first-order valence-electron chi connectivity index (χ1n) is 11.4. The standard InChI is InChI=1S/C23H28F3N5O3/c1-21(2)9-13(18(32)30-21)8-14(11-27)28-19(33)16-10-22(6-3-7-22)12-31(16)20(34)15-4-5-17(29-15)23(24,25)26/h4-5,13-14,16,29H,3,6-10,12H2,1-2H3,(H,28,33)(H,30,32)/t13-,14+,16+/m1/s1. The van der Waals surface area contributed by atoms with Crippen molar-refractivity contribution >= 4 is 17.7 Å². The zero-order valence-corrected chi connectivity index (χ0v) is 19.1. The SMILES string of the molecule is CC1(C)C[C@@H](C[C@@H](C#N)NC(=O)[C@@H]2CC3(CCC3)CN2C(=O)c2ccc(C(F)(F)F)[nH]2)C(=O)N1. The molecular weight excluding hydrogens is 451 g/mol. The van der Waals surface area contributed by atoms with E-state index in [0.29, 0.717) is 12.8 Å². The van der Waals surface area contributed by atoms with Crippen LogP contribution in [-0.2, 0) is 15.8 Å². The number of nitriles is 1. The van der Waals surface area contributed by atoms with Crippen molar-refractivity contribution in [1.29, 1.82) is 5.26 Å². The largest absolute Gasteiger partial charge is 0.431 e. The number of amides is 3. The molecule has 34 heavy (non-hydrogen) atoms. The minimum Gasteiger partial charge on any atom is -0.351 e. The summed E-state index contributed by atoms with van der Waals surface area (Å²) in [6.07, 6.45) is -0.913. The van der Waals surface area contributed by atoms with Gasteiger partial charge in [0.05, 0.1) is 6.07 Å². The van der Waals surface area contributed by atoms with Gasteiger partial charge in [-0.2, -0.15) is 18.4 Å². The molecule has 2 saturated heterocycles. The molecular formula is C23H28F3N5O3. The molecule has 3 heterocycles. The fraction of sp³-hybridized carbons (Fsp3) is 0.652. The maximum Gasteiger partial charge on any atom is 0.431 e. The molecule has 1 spiro atoms. The van der Waals surface area contributed by atoms with Gasteiger partial charge in [-0.3, -0.25) is 14.4 Å². The Kier molecular flexibility index (Phi) is 5.90. The summed E-state index contributed by atoms with van der Waals surface area (Å²) < 4.78 is 38.9. The predicted octanol–water partition coefficient (Wildman–Crippen LogP) is 2.73. The van der Waals surface area contributed by atoms with Crippen molar-refractivity contribution in [3.63, 3.8) is 0 Å². The molecule has 184 valence electrons. The number of halogens is 3. The smallest absolute Gasteiger partial charge is 0.351 e. The summed E-state index contributed by atoms with van der Waals surface area (Å²) in [5.74, 6) is -1.79. The number of nitrogens with zero attached hydrogens (tertiary/aromatic N) is 2. The van der Waals surface area contributed by atoms with Crippen molar-refractivity contribution in [2.45, 2.75) is 76.2 Å². The predicted molar refractivity (Wildman–Crippen MR) is 114 cm³/mol. The van der Waals surface area contributed by atoms with E-state index in [-0.39, 0.29) is 35.5 Å². The molecule has 0 bridgehead atoms. The molecule has 1 aromatic heterocycles. The highest BCUT2D eigenvalue weighted by Crippen LogP contribution is 2.50. The molecule has 1 saturated carbocycles. The number of H-pyrrole nitrogens is 1. The van der Waals surface area contributed by atoms with Crippen LogP contribution in [0.5, 0.6) is 0 Å². The molecule has 3 N–H and O–H groups in total. The van der Waals surface area contributed by atoms with Crippen LogP contribution in [0.1, 0.15) is 68.6 Å². The summed E-state index contributed by atoms with van der Waals surface area (Å²) in [5, 5.41) is 15.1. The van der Waals surface area contributed by atoms with E-state index in [1.165, 1.54) is 4.90 Å². The lowest BCUT2D eigenvalue weighted by Gasteiger charge is -2.37. The van der Waals surface area contributed by atoms with Crippen LogP contribution in [0.4, 0.5) is 13.2 Å². The van der Waals surface area contributed by atoms with Crippen LogP contribution in [-0.4, -0.2) is 51.8 Å². The first kappa shape index (κ1) is 24.1. The van der Waals surface area contributed by atoms with Gasteiger partial charge in [-0.1, -0.05) is 6.42 Å². The van der Waals surface area contributed by atoms with Crippen molar-refractivity contribution in [3.05, 3.63) is 23.5 Å². The minimum absolute atomic E-state index is 0.148. The van der Waals surface area contributed by atoms with Gasteiger partial charge >= 0.3 is 6.18 Å². The quantitative estimate of drug-likeness (QED) is 0.602. The summed E-state index contributed by atoms with van der Waals surface area (Å²) in [6.45, 7) is 4.05. The first-order chi connectivity index (χ1) is 15.8. The van der Waals surface area contributed by atoms with Crippen molar-refractivity contribution in [1.82, 2.24) is 20.5 Å². The molecule has 11 heteroatoms. The van der Waals surface area contributed by atoms with Crippen molar-refractivity contribution < 1.29 is 27.6 Å². The van der Waals surface area contributed by atoms with Crippen LogP contribution in [0.3, 0.4) is 0 Å². The average molecular weight is 480 g/mol. The van der Waals surface area contributed by atoms with Crippen molar-refractivity contribution in [2.24, 2.45) is 11.3 Å². The number of carbonyl (C=O) groups excluding carboxylic acids is 3. The number of aromatic amines is 1. The van der Waals surface area contributed by atoms with Crippen LogP contribution in [0.25, 0.3) is 0 Å². The highest BCUT2D eigenvalue weighted by atomic mass is 19.4. The normalized spacial score (nSPS) is 26.0. The number of rotatable bonds is 5. The Labute approximate surface area is 195 Å². The van der Waals surface area contributed by atoms with Crippen molar-refractivity contribution in [3.8, 4) is 6.07 Å². The highest BCUT2D eigenvalue weighted by molar-refractivity contribution is 5.97. The molecule has 0 aromatic carbocycles. The number of hydrogen-bond donors (Lipinski definition) is 3. The third kappa shape index (κ3) is 4.63. The maximum absolute atomic E-state index is 13.2. The molecule has 0 radical (unpaired) electrons. The Morgan fingerprint density at radius 2 is 2.00 bits per heavy atom. The minimum atomic E-state index is -4.61. The number of aromatic nitrogens is 1. The van der Waals surface area contributed by atoms with Gasteiger partial charge < -0.3 is 20.5 Å². The Bertz CT molecular complexity index is 1040. The van der Waals surface area contributed by atoms with E-state index < -0.39 is 41.7 Å². The van der Waals surface area contributed by atoms with E-state index in [2.05, 4.69) is 15.6 Å². The number of likely N-dealkylation sites (tertiary alicyclic amines) is 1. The molecule has 3 atom stereocenters. The Morgan fingerprint density at radius 3 is 2.50 bits per heavy atom. The Balaban J connectivity index is 1.48. The van der Waals surface area contributed by atoms with Gasteiger partial charge in [-0.15, -0.1) is 0 Å². The zero-order chi connectivity index (χ0) is 24.9. The maximum atomic E-state index is 13.2. The molecule has 1 aromatic rings. The number of hydrogen-bond acceptors (Lipinski definition) is 4. The molecule has 3 aliphatic rings. The summed E-state index contributed by atoms with van der Waals surface area (Å²) >= 11 is 0. The summed E-state index contributed by atoms with van der Waals surface area (Å²) in [4.78, 5) is 42.0. The molecule has 1 aliphatic carbocycles. The van der Waals surface area contributed by atoms with Crippen LogP contribution >= 0.6 is 0 Å². The van der Waals surface area contributed by atoms with E-state index in [9.17, 15) is 32.8 Å². The summed E-state index contributed by atoms with van der Waals surface area (Å²) in [7, 11) is 0. The highest BCUT2D eigenvalue weighted by Gasteiger charge is 2.52. The molecule has 3 amide bonds. The fourth-order valence-corrected chi connectivity index (χ4v) is 5.46. The number of carbonyl (C=O) groups is 3. The molecule has 4 rings (SSSR count). The first-order valence-corrected chi connectivity index (χ1v) is 11.4. The third-order valence-corrected chi connectivity index (χ3v) is 7.29. The number of nitrogens with one attached hydrogen (secondary N) is 3. The monoisotopic (exact) mass is 479 g/mol. The Hall–Kier alpha value is -3.03. The van der Waals surface area contributed by atoms with E-state index in [1.807, 2.05) is 19.9 Å². The van der Waals surface area contributed by atoms with Gasteiger partial charge in [-0.25, -0.2) is 0 Å². The lowest BCUT2D eigenvalue weighted by atomic mass is 9.67. The molecule has 0 unspecified atom stereocenters. The Morgan fingerprint density at radius 1 is 1.29 bits per heavy atom. The van der Waals surface area contributed by atoms with Gasteiger partial charge in [0.15, 0.2) is 0 Å². The van der Waals surface area contributed by atoms with Crippen LogP contribution in [0.2, 0.25) is 0 Å². The summed E-state index contributed by atoms with van der Waals surface area (Å²) in [5.41, 5.74) is -1.88. The average Bonchev–Trinajstić information content (AvgIpc) is 3.41. The topological polar surface area (TPSA) is 118 Å². The van der Waals surface area contributed by atoms with Gasteiger partial charge in [0, 0.05) is 18.0 Å². The van der Waals surface area contributed by atoms with Gasteiger partial charge in [-0.05, 0) is 63.5 Å². The fourth-order valence-electron chi connectivity index (χ4n) is 5.46. The lowest BCUT2D eigenvalue weighted by Crippen LogP contribution is -2.49. The zero-order valence-electron chi connectivity index (χ0n) is 19.1. The van der Waals surface area contributed by atoms with Gasteiger partial charge in [0.2, 0.25) is 11.8 Å². The van der Waals surface area contributed by atoms with E-state index in [1.54, 1.807) is 0 Å². The van der Waals surface area contributed by atoms with Crippen LogP contribution in [0.15, 0.2) is 12.1 Å². The van der Waals surface area contributed by atoms with E-state index in [4.69, 9.17) is 0 Å². The molecule has 8 nitrogen and oxygen atoms in total. The second-order valence-electron chi connectivity index (χ2n) is 10.5. The third-order valence-electron chi connectivity index (χ3n) is 7.29. The number of alkyl halides is 3. The molecule has 2 aliphatic heterocycles. The van der Waals surface area contributed by atoms with Crippen LogP contribution < -0.4 is 10.6 Å². The van der Waals surface area contributed by atoms with Gasteiger partial charge in [0.25, 0.3) is 5.91 Å². The summed E-state index contributed by atoms with van der Waals surface area (Å²) in [6, 6.07) is 2.09. The van der Waals surface area contributed by atoms with Gasteiger partial charge in [0.1, 0.15) is 23.5 Å². The van der Waals surface area contributed by atoms with Crippen LogP contribution in [0, 0.1) is 22.7 Å². The molecule has 3 fully saturated rings. The second-order valence-corrected chi connectivity index (χ2v) is 10.5. The second kappa shape index (κ2) is 8.32. The van der Waals surface area contributed by atoms with Crippen molar-refractivity contribution in [2.75, 3.05) is 6.54 Å².